The highest BCUT2D eigenvalue weighted by Gasteiger charge is 2.48. The van der Waals surface area contributed by atoms with Crippen molar-refractivity contribution in [2.24, 2.45) is 23.2 Å². The normalized spacial score (nSPS) is 25.0. The van der Waals surface area contributed by atoms with Crippen LogP contribution in [0.15, 0.2) is 0 Å². The summed E-state index contributed by atoms with van der Waals surface area (Å²) < 4.78 is 5.42. The number of aliphatic hydroxyl groups excluding tert-OH is 1. The van der Waals surface area contributed by atoms with Crippen LogP contribution in [0.5, 0.6) is 0 Å². The van der Waals surface area contributed by atoms with E-state index in [9.17, 15) is 29.1 Å². The van der Waals surface area contributed by atoms with Crippen LogP contribution >= 0.6 is 0 Å². The molecule has 0 bridgehead atoms. The second-order valence-corrected chi connectivity index (χ2v) is 14.5. The van der Waals surface area contributed by atoms with Crippen molar-refractivity contribution >= 4 is 29.7 Å². The maximum atomic E-state index is 14.1. The minimum atomic E-state index is -1.55. The fraction of sp³-hybridized carbons (Fsp3) is 0.833. The zero-order valence-electron chi connectivity index (χ0n) is 26.4. The molecule has 5 amide bonds. The average Bonchev–Trinajstić information content (AvgIpc) is 3.39. The van der Waals surface area contributed by atoms with E-state index in [-0.39, 0.29) is 30.2 Å². The van der Waals surface area contributed by atoms with Gasteiger partial charge in [0.2, 0.25) is 17.7 Å². The van der Waals surface area contributed by atoms with Crippen LogP contribution in [0.4, 0.5) is 4.79 Å². The summed E-state index contributed by atoms with van der Waals surface area (Å²) in [7, 11) is 0. The van der Waals surface area contributed by atoms with Crippen LogP contribution in [0, 0.1) is 23.2 Å². The molecule has 3 rings (SSSR count). The molecule has 5 unspecified atom stereocenters. The second kappa shape index (κ2) is 13.2. The number of carbonyl (C=O) groups excluding carboxylic acids is 5. The van der Waals surface area contributed by atoms with Crippen LogP contribution in [0.25, 0.3) is 0 Å². The Hall–Kier alpha value is -2.89. The standard InChI is InChI=1S/C30H51N5O7/c1-16(2)19-12-14-35(27(40)23(29(3,4)5)34-28(41)42-30(6,7)8)21(19)25(38)33-20(15-17-11-13-31-24(17)37)22(36)26(39)32-18-9-10-18/h16-23,36H,9-15H2,1-8H3,(H,31,37)(H,32,39)(H,33,38)(H,34,41)/t17-,19?,20?,21?,22?,23?/m0/s1. The van der Waals surface area contributed by atoms with Gasteiger partial charge in [-0.05, 0) is 70.1 Å². The summed E-state index contributed by atoms with van der Waals surface area (Å²) in [5, 5.41) is 22.2. The quantitative estimate of drug-likeness (QED) is 0.256. The van der Waals surface area contributed by atoms with Gasteiger partial charge in [-0.15, -0.1) is 0 Å². The van der Waals surface area contributed by atoms with E-state index in [0.29, 0.717) is 25.9 Å². The Morgan fingerprint density at radius 1 is 1.02 bits per heavy atom. The molecule has 3 aliphatic rings. The predicted molar refractivity (Wildman–Crippen MR) is 156 cm³/mol. The Morgan fingerprint density at radius 2 is 1.67 bits per heavy atom. The van der Waals surface area contributed by atoms with Gasteiger partial charge in [0.05, 0.1) is 6.04 Å². The van der Waals surface area contributed by atoms with E-state index in [1.807, 2.05) is 34.6 Å². The van der Waals surface area contributed by atoms with Gasteiger partial charge in [0.15, 0.2) is 6.10 Å². The van der Waals surface area contributed by atoms with Gasteiger partial charge in [0.1, 0.15) is 17.7 Å². The van der Waals surface area contributed by atoms with Crippen LogP contribution in [0.3, 0.4) is 0 Å². The lowest BCUT2D eigenvalue weighted by Gasteiger charge is -2.37. The molecule has 2 heterocycles. The lowest BCUT2D eigenvalue weighted by Crippen LogP contribution is -2.61. The Bertz CT molecular complexity index is 1030. The summed E-state index contributed by atoms with van der Waals surface area (Å²) in [6.45, 7) is 15.5. The molecule has 12 nitrogen and oxygen atoms in total. The van der Waals surface area contributed by atoms with Crippen molar-refractivity contribution in [3.63, 3.8) is 0 Å². The van der Waals surface area contributed by atoms with Gasteiger partial charge in [-0.25, -0.2) is 4.79 Å². The molecular weight excluding hydrogens is 542 g/mol. The van der Waals surface area contributed by atoms with Gasteiger partial charge in [0.25, 0.3) is 5.91 Å². The molecule has 42 heavy (non-hydrogen) atoms. The van der Waals surface area contributed by atoms with Gasteiger partial charge >= 0.3 is 6.09 Å². The highest BCUT2D eigenvalue weighted by Crippen LogP contribution is 2.34. The number of nitrogens with zero attached hydrogens (tertiary/aromatic N) is 1. The third kappa shape index (κ3) is 8.81. The van der Waals surface area contributed by atoms with Crippen LogP contribution in [-0.2, 0) is 23.9 Å². The van der Waals surface area contributed by atoms with Crippen molar-refractivity contribution in [3.05, 3.63) is 0 Å². The molecule has 2 saturated heterocycles. The highest BCUT2D eigenvalue weighted by molar-refractivity contribution is 5.93. The topological polar surface area (TPSA) is 166 Å². The first-order valence-electron chi connectivity index (χ1n) is 15.3. The number of alkyl carbamates (subject to hydrolysis) is 1. The van der Waals surface area contributed by atoms with Gasteiger partial charge in [-0.3, -0.25) is 19.2 Å². The fourth-order valence-corrected chi connectivity index (χ4v) is 5.75. The third-order valence-electron chi connectivity index (χ3n) is 8.23. The predicted octanol–water partition coefficient (Wildman–Crippen LogP) is 1.45. The van der Waals surface area contributed by atoms with Crippen LogP contribution in [-0.4, -0.2) is 88.7 Å². The molecule has 1 aliphatic carbocycles. The summed E-state index contributed by atoms with van der Waals surface area (Å²) in [5.74, 6) is -2.26. The maximum Gasteiger partial charge on any atom is 0.408 e. The molecule has 12 heteroatoms. The molecule has 2 aliphatic heterocycles. The third-order valence-corrected chi connectivity index (χ3v) is 8.23. The number of hydrogen-bond acceptors (Lipinski definition) is 7. The van der Waals surface area contributed by atoms with E-state index in [1.54, 1.807) is 20.8 Å². The molecular formula is C30H51N5O7. The summed E-state index contributed by atoms with van der Waals surface area (Å²) in [6.07, 6.45) is 0.594. The maximum absolute atomic E-state index is 14.1. The number of nitrogens with one attached hydrogen (secondary N) is 4. The first-order valence-corrected chi connectivity index (χ1v) is 15.3. The molecule has 0 radical (unpaired) electrons. The summed E-state index contributed by atoms with van der Waals surface area (Å²) in [6, 6.07) is -2.87. The Kier molecular flexibility index (Phi) is 10.5. The van der Waals surface area contributed by atoms with Gasteiger partial charge < -0.3 is 36.0 Å². The zero-order valence-corrected chi connectivity index (χ0v) is 26.4. The summed E-state index contributed by atoms with van der Waals surface area (Å²) >= 11 is 0. The van der Waals surface area contributed by atoms with E-state index in [1.165, 1.54) is 4.90 Å². The molecule has 238 valence electrons. The first-order chi connectivity index (χ1) is 19.4. The van der Waals surface area contributed by atoms with Gasteiger partial charge in [-0.1, -0.05) is 34.6 Å². The monoisotopic (exact) mass is 593 g/mol. The minimum absolute atomic E-state index is 0.0124. The molecule has 6 atom stereocenters. The van der Waals surface area contributed by atoms with Gasteiger partial charge in [0, 0.05) is 25.0 Å². The molecule has 1 saturated carbocycles. The Labute approximate surface area is 249 Å². The lowest BCUT2D eigenvalue weighted by molar-refractivity contribution is -0.144. The summed E-state index contributed by atoms with van der Waals surface area (Å²) in [5.41, 5.74) is -1.45. The number of amides is 5. The molecule has 5 N–H and O–H groups in total. The molecule has 0 aromatic carbocycles. The van der Waals surface area contributed by atoms with Crippen molar-refractivity contribution in [2.75, 3.05) is 13.1 Å². The largest absolute Gasteiger partial charge is 0.444 e. The minimum Gasteiger partial charge on any atom is -0.444 e. The van der Waals surface area contributed by atoms with Gasteiger partial charge in [-0.2, -0.15) is 0 Å². The van der Waals surface area contributed by atoms with Crippen molar-refractivity contribution in [3.8, 4) is 0 Å². The Morgan fingerprint density at radius 3 is 2.17 bits per heavy atom. The number of aliphatic hydroxyl groups is 1. The van der Waals surface area contributed by atoms with Crippen molar-refractivity contribution in [2.45, 2.75) is 123 Å². The SMILES string of the molecule is CC(C)C1CCN(C(=O)C(NC(=O)OC(C)(C)C)C(C)(C)C)C1C(=O)NC(C[C@@H]1CCNC1=O)C(O)C(=O)NC1CC1. The van der Waals surface area contributed by atoms with E-state index < -0.39 is 65.0 Å². The number of rotatable bonds is 10. The van der Waals surface area contributed by atoms with E-state index >= 15 is 0 Å². The van der Waals surface area contributed by atoms with E-state index in [2.05, 4.69) is 21.3 Å². The van der Waals surface area contributed by atoms with Crippen molar-refractivity contribution in [1.29, 1.82) is 0 Å². The van der Waals surface area contributed by atoms with Crippen LogP contribution in [0.1, 0.15) is 87.5 Å². The van der Waals surface area contributed by atoms with Crippen molar-refractivity contribution < 1.29 is 33.8 Å². The van der Waals surface area contributed by atoms with E-state index in [0.717, 1.165) is 12.8 Å². The molecule has 0 aromatic rings. The smallest absolute Gasteiger partial charge is 0.408 e. The average molecular weight is 594 g/mol. The summed E-state index contributed by atoms with van der Waals surface area (Å²) in [4.78, 5) is 67.5. The highest BCUT2D eigenvalue weighted by atomic mass is 16.6. The second-order valence-electron chi connectivity index (χ2n) is 14.5. The first kappa shape index (κ1) is 33.6. The number of hydrogen-bond donors (Lipinski definition) is 5. The fourth-order valence-electron chi connectivity index (χ4n) is 5.75. The van der Waals surface area contributed by atoms with Crippen LogP contribution in [0.2, 0.25) is 0 Å². The van der Waals surface area contributed by atoms with Crippen LogP contribution < -0.4 is 21.3 Å². The molecule has 0 spiro atoms. The molecule has 3 fully saturated rings. The van der Waals surface area contributed by atoms with E-state index in [4.69, 9.17) is 4.74 Å². The van der Waals surface area contributed by atoms with Crippen molar-refractivity contribution in [1.82, 2.24) is 26.2 Å². The number of carbonyl (C=O) groups is 5. The Balaban J connectivity index is 1.85. The lowest BCUT2D eigenvalue weighted by atomic mass is 9.84. The number of ether oxygens (including phenoxy) is 1. The molecule has 0 aromatic heterocycles. The zero-order chi connectivity index (χ0) is 31.6. The number of likely N-dealkylation sites (tertiary alicyclic amines) is 1.